The SMILES string of the molecule is Cc1ccc(N(C)C(=CC2(N(C)c3ccc(C)cc3)OC(=O)c3ccccc32)N(C)c2ccc(C)cc2)cc1. The summed E-state index contributed by atoms with van der Waals surface area (Å²) in [7, 11) is 6.07. The Hall–Kier alpha value is -4.51. The number of carbonyl (C=O) groups is 1. The molecule has 0 radical (unpaired) electrons. The van der Waals surface area contributed by atoms with Crippen LogP contribution < -0.4 is 14.7 Å². The van der Waals surface area contributed by atoms with E-state index in [2.05, 4.69) is 109 Å². The van der Waals surface area contributed by atoms with Crippen LogP contribution >= 0.6 is 0 Å². The fourth-order valence-electron chi connectivity index (χ4n) is 5.03. The molecule has 5 heteroatoms. The largest absolute Gasteiger partial charge is 0.427 e. The number of cyclic esters (lactones) is 1. The highest BCUT2D eigenvalue weighted by atomic mass is 16.6. The molecule has 4 aromatic carbocycles. The summed E-state index contributed by atoms with van der Waals surface area (Å²) in [6, 6.07) is 32.8. The highest BCUT2D eigenvalue weighted by Gasteiger charge is 2.48. The van der Waals surface area contributed by atoms with E-state index in [0.717, 1.165) is 28.4 Å². The zero-order valence-corrected chi connectivity index (χ0v) is 23.5. The molecule has 0 spiro atoms. The number of nitrogens with zero attached hydrogens (tertiary/aromatic N) is 3. The number of anilines is 3. The van der Waals surface area contributed by atoms with Gasteiger partial charge in [-0.3, -0.25) is 0 Å². The molecule has 5 rings (SSSR count). The van der Waals surface area contributed by atoms with Crippen LogP contribution in [-0.4, -0.2) is 27.1 Å². The van der Waals surface area contributed by atoms with Crippen molar-refractivity contribution in [2.75, 3.05) is 35.8 Å². The monoisotopic (exact) mass is 517 g/mol. The zero-order valence-electron chi connectivity index (χ0n) is 23.5. The molecule has 0 amide bonds. The lowest BCUT2D eigenvalue weighted by molar-refractivity contribution is 0.0139. The molecule has 0 fully saturated rings. The normalized spacial score (nSPS) is 15.8. The molecule has 1 aliphatic heterocycles. The molecule has 0 aliphatic carbocycles. The fraction of sp³-hybridized carbons (Fsp3) is 0.206. The summed E-state index contributed by atoms with van der Waals surface area (Å²) in [6.07, 6.45) is 2.07. The minimum Gasteiger partial charge on any atom is -0.427 e. The van der Waals surface area contributed by atoms with E-state index in [0.29, 0.717) is 5.56 Å². The maximum absolute atomic E-state index is 13.3. The highest BCUT2D eigenvalue weighted by molar-refractivity contribution is 5.96. The van der Waals surface area contributed by atoms with Crippen LogP contribution in [0.3, 0.4) is 0 Å². The van der Waals surface area contributed by atoms with Crippen molar-refractivity contribution >= 4 is 23.0 Å². The summed E-state index contributed by atoms with van der Waals surface area (Å²) in [4.78, 5) is 19.6. The van der Waals surface area contributed by atoms with Crippen molar-refractivity contribution in [1.29, 1.82) is 0 Å². The summed E-state index contributed by atoms with van der Waals surface area (Å²) >= 11 is 0. The van der Waals surface area contributed by atoms with Crippen LogP contribution in [0.1, 0.15) is 32.6 Å². The van der Waals surface area contributed by atoms with Crippen molar-refractivity contribution in [3.63, 3.8) is 0 Å². The third kappa shape index (κ3) is 4.88. The van der Waals surface area contributed by atoms with Crippen molar-refractivity contribution in [2.45, 2.75) is 26.5 Å². The quantitative estimate of drug-likeness (QED) is 0.243. The third-order valence-electron chi connectivity index (χ3n) is 7.56. The van der Waals surface area contributed by atoms with Gasteiger partial charge in [0.2, 0.25) is 5.72 Å². The Morgan fingerprint density at radius 2 is 1.08 bits per heavy atom. The number of aryl methyl sites for hydroxylation is 3. The molecule has 198 valence electrons. The first kappa shape index (κ1) is 26.1. The Kier molecular flexibility index (Phi) is 6.92. The maximum atomic E-state index is 13.3. The summed E-state index contributed by atoms with van der Waals surface area (Å²) in [6.45, 7) is 6.23. The van der Waals surface area contributed by atoms with E-state index >= 15 is 0 Å². The second kappa shape index (κ2) is 10.3. The summed E-state index contributed by atoms with van der Waals surface area (Å²) in [5.41, 5.74) is 6.76. The van der Waals surface area contributed by atoms with Gasteiger partial charge in [-0.2, -0.15) is 0 Å². The zero-order chi connectivity index (χ0) is 27.7. The molecule has 5 nitrogen and oxygen atoms in total. The Bertz CT molecular complexity index is 1450. The van der Waals surface area contributed by atoms with Gasteiger partial charge in [0.25, 0.3) is 0 Å². The molecular weight excluding hydrogens is 482 g/mol. The van der Waals surface area contributed by atoms with Crippen molar-refractivity contribution in [3.05, 3.63) is 137 Å². The third-order valence-corrected chi connectivity index (χ3v) is 7.56. The number of ether oxygens (including phenoxy) is 1. The molecule has 0 N–H and O–H groups in total. The number of fused-ring (bicyclic) bond motifs is 1. The Morgan fingerprint density at radius 1 is 0.641 bits per heavy atom. The predicted molar refractivity (Wildman–Crippen MR) is 160 cm³/mol. The van der Waals surface area contributed by atoms with Crippen molar-refractivity contribution in [3.8, 4) is 0 Å². The highest BCUT2D eigenvalue weighted by Crippen LogP contribution is 2.44. The molecule has 4 aromatic rings. The number of carbonyl (C=O) groups excluding carboxylic acids is 1. The van der Waals surface area contributed by atoms with E-state index in [1.807, 2.05) is 50.3 Å². The molecule has 0 aromatic heterocycles. The molecule has 1 heterocycles. The molecule has 0 saturated heterocycles. The molecule has 39 heavy (non-hydrogen) atoms. The van der Waals surface area contributed by atoms with Gasteiger partial charge in [-0.1, -0.05) is 71.3 Å². The van der Waals surface area contributed by atoms with E-state index in [1.54, 1.807) is 0 Å². The molecule has 1 aliphatic rings. The van der Waals surface area contributed by atoms with Crippen LogP contribution in [0.2, 0.25) is 0 Å². The molecular formula is C34H35N3O2. The van der Waals surface area contributed by atoms with E-state index in [1.165, 1.54) is 16.7 Å². The second-order valence-electron chi connectivity index (χ2n) is 10.3. The van der Waals surface area contributed by atoms with E-state index in [-0.39, 0.29) is 5.97 Å². The van der Waals surface area contributed by atoms with Gasteiger partial charge in [-0.25, -0.2) is 4.79 Å². The van der Waals surface area contributed by atoms with Gasteiger partial charge in [0.15, 0.2) is 0 Å². The van der Waals surface area contributed by atoms with Gasteiger partial charge < -0.3 is 19.4 Å². The van der Waals surface area contributed by atoms with Crippen LogP contribution in [-0.2, 0) is 10.5 Å². The Morgan fingerprint density at radius 3 is 1.56 bits per heavy atom. The van der Waals surface area contributed by atoms with Gasteiger partial charge in [0.05, 0.1) is 5.56 Å². The topological polar surface area (TPSA) is 36.0 Å². The van der Waals surface area contributed by atoms with Crippen molar-refractivity contribution in [2.24, 2.45) is 0 Å². The average Bonchev–Trinajstić information content (AvgIpc) is 3.24. The first-order valence-electron chi connectivity index (χ1n) is 13.2. The number of hydrogen-bond donors (Lipinski definition) is 0. The maximum Gasteiger partial charge on any atom is 0.341 e. The molecule has 0 saturated carbocycles. The number of hydrogen-bond acceptors (Lipinski definition) is 5. The van der Waals surface area contributed by atoms with Gasteiger partial charge in [0.1, 0.15) is 5.82 Å². The predicted octanol–water partition coefficient (Wildman–Crippen LogP) is 7.19. The lowest BCUT2D eigenvalue weighted by atomic mass is 9.96. The lowest BCUT2D eigenvalue weighted by Crippen LogP contribution is -2.45. The minimum atomic E-state index is -1.17. The standard InChI is InChI=1S/C34H35N3O2/c1-24-11-17-27(18-12-24)35(4)32(36(5)28-19-13-25(2)14-20-28)23-34(37(6)29-21-15-26(3)16-22-29)31-10-8-7-9-30(31)33(38)39-34/h7-23H,1-6H3. The van der Waals surface area contributed by atoms with Gasteiger partial charge >= 0.3 is 5.97 Å². The van der Waals surface area contributed by atoms with Gasteiger partial charge in [-0.15, -0.1) is 0 Å². The van der Waals surface area contributed by atoms with Crippen LogP contribution in [0.25, 0.3) is 0 Å². The Labute approximate surface area is 231 Å². The molecule has 0 bridgehead atoms. The smallest absolute Gasteiger partial charge is 0.341 e. The van der Waals surface area contributed by atoms with Crippen LogP contribution in [0.4, 0.5) is 17.1 Å². The number of benzene rings is 4. The van der Waals surface area contributed by atoms with Crippen molar-refractivity contribution < 1.29 is 9.53 Å². The lowest BCUT2D eigenvalue weighted by Gasteiger charge is -2.40. The van der Waals surface area contributed by atoms with Gasteiger partial charge in [0, 0.05) is 49.8 Å². The summed E-state index contributed by atoms with van der Waals surface area (Å²) in [5.74, 6) is 0.530. The average molecular weight is 518 g/mol. The van der Waals surface area contributed by atoms with Crippen LogP contribution in [0.15, 0.2) is 109 Å². The van der Waals surface area contributed by atoms with E-state index in [9.17, 15) is 4.79 Å². The Balaban J connectivity index is 1.74. The van der Waals surface area contributed by atoms with Crippen LogP contribution in [0, 0.1) is 20.8 Å². The number of esters is 1. The summed E-state index contributed by atoms with van der Waals surface area (Å²) in [5, 5.41) is 0. The minimum absolute atomic E-state index is 0.337. The second-order valence-corrected chi connectivity index (χ2v) is 10.3. The number of rotatable bonds is 7. The van der Waals surface area contributed by atoms with E-state index < -0.39 is 5.72 Å². The first-order valence-corrected chi connectivity index (χ1v) is 13.2. The first-order chi connectivity index (χ1) is 18.7. The molecule has 1 unspecified atom stereocenters. The fourth-order valence-corrected chi connectivity index (χ4v) is 5.03. The van der Waals surface area contributed by atoms with Crippen LogP contribution in [0.5, 0.6) is 0 Å². The molecule has 1 atom stereocenters. The van der Waals surface area contributed by atoms with E-state index in [4.69, 9.17) is 4.74 Å². The van der Waals surface area contributed by atoms with Gasteiger partial charge in [-0.05, 0) is 63.2 Å². The summed E-state index contributed by atoms with van der Waals surface area (Å²) < 4.78 is 6.36. The number of likely N-dealkylation sites (N-methyl/N-ethyl adjacent to an activating group) is 1. The van der Waals surface area contributed by atoms with Crippen molar-refractivity contribution in [1.82, 2.24) is 0 Å².